The van der Waals surface area contributed by atoms with Gasteiger partial charge in [-0.25, -0.2) is 0 Å². The summed E-state index contributed by atoms with van der Waals surface area (Å²) in [4.78, 5) is 0. The number of ether oxygens (including phenoxy) is 1. The SMILES string of the molecule is CCCCCC/C=C/OCCCC1CCC(c2ccc(C#N)cc2)CC1. The molecule has 0 radical (unpaired) electrons. The van der Waals surface area contributed by atoms with Crippen LogP contribution in [0.15, 0.2) is 36.6 Å². The Balaban J connectivity index is 1.52. The Kier molecular flexibility index (Phi) is 9.95. The van der Waals surface area contributed by atoms with Crippen LogP contribution < -0.4 is 0 Å². The van der Waals surface area contributed by atoms with E-state index in [1.807, 2.05) is 18.4 Å². The topological polar surface area (TPSA) is 33.0 Å². The van der Waals surface area contributed by atoms with Crippen LogP contribution in [-0.4, -0.2) is 6.61 Å². The fourth-order valence-corrected chi connectivity index (χ4v) is 3.96. The third kappa shape index (κ3) is 7.65. The Labute approximate surface area is 160 Å². The van der Waals surface area contributed by atoms with E-state index in [2.05, 4.69) is 31.2 Å². The van der Waals surface area contributed by atoms with Gasteiger partial charge in [-0.3, -0.25) is 0 Å². The molecule has 0 atom stereocenters. The zero-order valence-electron chi connectivity index (χ0n) is 16.5. The number of unbranched alkanes of at least 4 members (excludes halogenated alkanes) is 4. The first-order valence-electron chi connectivity index (χ1n) is 10.6. The number of hydrogen-bond acceptors (Lipinski definition) is 2. The molecule has 0 unspecified atom stereocenters. The van der Waals surface area contributed by atoms with Crippen LogP contribution >= 0.6 is 0 Å². The Morgan fingerprint density at radius 3 is 2.50 bits per heavy atom. The zero-order chi connectivity index (χ0) is 18.5. The molecule has 142 valence electrons. The molecule has 1 saturated carbocycles. The van der Waals surface area contributed by atoms with Crippen LogP contribution in [0.25, 0.3) is 0 Å². The van der Waals surface area contributed by atoms with Crippen molar-refractivity contribution in [3.05, 3.63) is 47.7 Å². The predicted molar refractivity (Wildman–Crippen MR) is 109 cm³/mol. The summed E-state index contributed by atoms with van der Waals surface area (Å²) in [6.45, 7) is 3.11. The molecule has 1 aromatic rings. The maximum absolute atomic E-state index is 8.90. The summed E-state index contributed by atoms with van der Waals surface area (Å²) in [5.74, 6) is 1.55. The van der Waals surface area contributed by atoms with Gasteiger partial charge in [-0.15, -0.1) is 0 Å². The van der Waals surface area contributed by atoms with Crippen molar-refractivity contribution < 1.29 is 4.74 Å². The van der Waals surface area contributed by atoms with Crippen molar-refractivity contribution >= 4 is 0 Å². The molecular weight excluding hydrogens is 318 g/mol. The van der Waals surface area contributed by atoms with E-state index in [9.17, 15) is 0 Å². The van der Waals surface area contributed by atoms with Crippen LogP contribution in [0, 0.1) is 17.2 Å². The third-order valence-corrected chi connectivity index (χ3v) is 5.65. The lowest BCUT2D eigenvalue weighted by atomic mass is 9.77. The minimum Gasteiger partial charge on any atom is -0.502 e. The molecule has 0 saturated heterocycles. The summed E-state index contributed by atoms with van der Waals surface area (Å²) in [5.41, 5.74) is 2.17. The van der Waals surface area contributed by atoms with Crippen molar-refractivity contribution in [3.63, 3.8) is 0 Å². The van der Waals surface area contributed by atoms with E-state index >= 15 is 0 Å². The quantitative estimate of drug-likeness (QED) is 0.313. The number of hydrogen-bond donors (Lipinski definition) is 0. The van der Waals surface area contributed by atoms with Gasteiger partial charge in [0.2, 0.25) is 0 Å². The molecule has 0 aliphatic heterocycles. The Hall–Kier alpha value is -1.75. The van der Waals surface area contributed by atoms with Gasteiger partial charge in [0, 0.05) is 0 Å². The lowest BCUT2D eigenvalue weighted by Crippen LogP contribution is -2.13. The normalized spacial score (nSPS) is 20.2. The van der Waals surface area contributed by atoms with E-state index in [1.165, 1.54) is 69.8 Å². The lowest BCUT2D eigenvalue weighted by molar-refractivity contribution is 0.219. The molecule has 0 N–H and O–H groups in total. The molecule has 2 rings (SSSR count). The molecule has 0 heterocycles. The largest absolute Gasteiger partial charge is 0.502 e. The zero-order valence-corrected chi connectivity index (χ0v) is 16.5. The maximum atomic E-state index is 8.90. The molecular formula is C24H35NO. The Morgan fingerprint density at radius 2 is 1.81 bits per heavy atom. The molecule has 1 aliphatic rings. The third-order valence-electron chi connectivity index (χ3n) is 5.65. The van der Waals surface area contributed by atoms with Gasteiger partial charge >= 0.3 is 0 Å². The van der Waals surface area contributed by atoms with E-state index in [1.54, 1.807) is 0 Å². The second kappa shape index (κ2) is 12.6. The van der Waals surface area contributed by atoms with Crippen LogP contribution in [0.2, 0.25) is 0 Å². The smallest absolute Gasteiger partial charge is 0.0991 e. The summed E-state index contributed by atoms with van der Waals surface area (Å²) in [6.07, 6.45) is 18.2. The summed E-state index contributed by atoms with van der Waals surface area (Å²) >= 11 is 0. The van der Waals surface area contributed by atoms with Crippen molar-refractivity contribution in [2.75, 3.05) is 6.61 Å². The molecule has 1 aromatic carbocycles. The van der Waals surface area contributed by atoms with Crippen molar-refractivity contribution in [1.29, 1.82) is 5.26 Å². The van der Waals surface area contributed by atoms with Gasteiger partial charge in [-0.1, -0.05) is 38.3 Å². The van der Waals surface area contributed by atoms with Gasteiger partial charge in [-0.05, 0) is 87.0 Å². The van der Waals surface area contributed by atoms with Gasteiger partial charge in [0.05, 0.1) is 24.5 Å². The highest BCUT2D eigenvalue weighted by molar-refractivity contribution is 5.33. The summed E-state index contributed by atoms with van der Waals surface area (Å²) in [5, 5.41) is 8.90. The van der Waals surface area contributed by atoms with E-state index < -0.39 is 0 Å². The van der Waals surface area contributed by atoms with Crippen LogP contribution in [0.3, 0.4) is 0 Å². The molecule has 2 nitrogen and oxygen atoms in total. The number of nitrogens with zero attached hydrogens (tertiary/aromatic N) is 1. The highest BCUT2D eigenvalue weighted by Crippen LogP contribution is 2.37. The van der Waals surface area contributed by atoms with E-state index in [4.69, 9.17) is 10.00 Å². The summed E-state index contributed by atoms with van der Waals surface area (Å²) < 4.78 is 5.64. The van der Waals surface area contributed by atoms with Gasteiger partial charge in [-0.2, -0.15) is 5.26 Å². The molecule has 2 heteroatoms. The molecule has 0 bridgehead atoms. The Bertz CT molecular complexity index is 547. The van der Waals surface area contributed by atoms with Gasteiger partial charge in [0.25, 0.3) is 0 Å². The number of nitriles is 1. The van der Waals surface area contributed by atoms with Crippen LogP contribution in [0.5, 0.6) is 0 Å². The number of allylic oxidation sites excluding steroid dienone is 1. The second-order valence-electron chi connectivity index (χ2n) is 7.69. The van der Waals surface area contributed by atoms with Gasteiger partial charge < -0.3 is 4.74 Å². The van der Waals surface area contributed by atoms with Crippen molar-refractivity contribution in [2.24, 2.45) is 5.92 Å². The van der Waals surface area contributed by atoms with E-state index in [0.29, 0.717) is 5.92 Å². The van der Waals surface area contributed by atoms with Crippen LogP contribution in [0.1, 0.15) is 94.6 Å². The molecule has 1 aliphatic carbocycles. The van der Waals surface area contributed by atoms with Gasteiger partial charge in [0.1, 0.15) is 0 Å². The lowest BCUT2D eigenvalue weighted by Gasteiger charge is -2.28. The standard InChI is InChI=1S/C24H35NO/c1-2-3-4-5-6-7-18-26-19-8-9-21-10-14-23(15-11-21)24-16-12-22(20-25)13-17-24/h7,12-13,16-18,21,23H,2-6,8-11,14-15,19H2,1H3/b18-7+. The minimum absolute atomic E-state index is 0.686. The summed E-state index contributed by atoms with van der Waals surface area (Å²) in [7, 11) is 0. The van der Waals surface area contributed by atoms with E-state index in [0.717, 1.165) is 24.5 Å². The highest BCUT2D eigenvalue weighted by Gasteiger charge is 2.21. The summed E-state index contributed by atoms with van der Waals surface area (Å²) in [6, 6.07) is 10.4. The van der Waals surface area contributed by atoms with Gasteiger partial charge in [0.15, 0.2) is 0 Å². The first-order chi connectivity index (χ1) is 12.8. The average Bonchev–Trinajstić information content (AvgIpc) is 2.70. The monoisotopic (exact) mass is 353 g/mol. The fraction of sp³-hybridized carbons (Fsp3) is 0.625. The fourth-order valence-electron chi connectivity index (χ4n) is 3.96. The maximum Gasteiger partial charge on any atom is 0.0991 e. The van der Waals surface area contributed by atoms with Crippen LogP contribution in [-0.2, 0) is 4.74 Å². The van der Waals surface area contributed by atoms with Crippen molar-refractivity contribution in [3.8, 4) is 6.07 Å². The first kappa shape index (κ1) is 20.6. The van der Waals surface area contributed by atoms with E-state index in [-0.39, 0.29) is 0 Å². The predicted octanol–water partition coefficient (Wildman–Crippen LogP) is 7.11. The van der Waals surface area contributed by atoms with Crippen LogP contribution in [0.4, 0.5) is 0 Å². The second-order valence-corrected chi connectivity index (χ2v) is 7.69. The first-order valence-corrected chi connectivity index (χ1v) is 10.6. The Morgan fingerprint density at radius 1 is 1.04 bits per heavy atom. The number of benzene rings is 1. The molecule has 0 aromatic heterocycles. The molecule has 26 heavy (non-hydrogen) atoms. The van der Waals surface area contributed by atoms with Crippen molar-refractivity contribution in [2.45, 2.75) is 83.5 Å². The minimum atomic E-state index is 0.686. The van der Waals surface area contributed by atoms with Crippen molar-refractivity contribution in [1.82, 2.24) is 0 Å². The molecule has 0 amide bonds. The average molecular weight is 354 g/mol. The molecule has 0 spiro atoms. The number of rotatable bonds is 11. The highest BCUT2D eigenvalue weighted by atomic mass is 16.5. The molecule has 1 fully saturated rings.